The molecule has 0 N–H and O–H groups in total. The Morgan fingerprint density at radius 1 is 0.956 bits per heavy atom. The molecule has 0 amide bonds. The van der Waals surface area contributed by atoms with Crippen LogP contribution in [0, 0.1) is 23.7 Å². The van der Waals surface area contributed by atoms with Crippen LogP contribution in [0.4, 0.5) is 0 Å². The second-order valence-electron chi connectivity index (χ2n) is 13.1. The minimum absolute atomic E-state index is 0.479. The third kappa shape index (κ3) is 7.58. The summed E-state index contributed by atoms with van der Waals surface area (Å²) in [6.45, 7) is 11.8. The van der Waals surface area contributed by atoms with Gasteiger partial charge in [-0.3, -0.25) is 4.98 Å². The lowest BCUT2D eigenvalue weighted by Crippen LogP contribution is -2.33. The Kier molecular flexibility index (Phi) is 11.6. The molecule has 2 aliphatic rings. The summed E-state index contributed by atoms with van der Waals surface area (Å²) in [5, 5.41) is 0. The Morgan fingerprint density at radius 2 is 1.76 bits per heavy atom. The first-order valence-corrected chi connectivity index (χ1v) is 17.6. The molecule has 5 rings (SSSR count). The normalized spacial score (nSPS) is 22.6. The van der Waals surface area contributed by atoms with Gasteiger partial charge in [0, 0.05) is 12.4 Å². The van der Waals surface area contributed by atoms with Gasteiger partial charge in [0.2, 0.25) is 0 Å². The first kappa shape index (κ1) is 32.7. The molecular weight excluding hydrogens is 542 g/mol. The van der Waals surface area contributed by atoms with Gasteiger partial charge in [-0.2, -0.15) is 0 Å². The summed E-state index contributed by atoms with van der Waals surface area (Å²) in [5.41, 5.74) is 11.3. The van der Waals surface area contributed by atoms with Gasteiger partial charge in [-0.05, 0) is 120 Å². The van der Waals surface area contributed by atoms with Crippen molar-refractivity contribution in [2.75, 3.05) is 0 Å². The summed E-state index contributed by atoms with van der Waals surface area (Å²) in [6.07, 6.45) is 26.5. The molecule has 45 heavy (non-hydrogen) atoms. The predicted octanol–water partition coefficient (Wildman–Crippen LogP) is 12.6. The Morgan fingerprint density at radius 3 is 2.44 bits per heavy atom. The lowest BCUT2D eigenvalue weighted by molar-refractivity contribution is 0.150. The van der Waals surface area contributed by atoms with Gasteiger partial charge in [0.05, 0.1) is 0 Å². The van der Waals surface area contributed by atoms with Crippen molar-refractivity contribution < 1.29 is 0 Å². The van der Waals surface area contributed by atoms with E-state index in [0.717, 1.165) is 25.7 Å². The molecule has 0 saturated heterocycles. The third-order valence-electron chi connectivity index (χ3n) is 10.5. The SMILES string of the molecule is C/C=C\C(C(C)C1=C(/C(=C(/C=C\CC)CC)c2ccccc2)C=CCC1)C1CCCC(c2ccc(-c3cccnc3)cc2)C1C. The summed E-state index contributed by atoms with van der Waals surface area (Å²) in [4.78, 5) is 4.33. The highest BCUT2D eigenvalue weighted by atomic mass is 14.6. The van der Waals surface area contributed by atoms with Crippen molar-refractivity contribution >= 4 is 5.57 Å². The number of hydrogen-bond acceptors (Lipinski definition) is 1. The van der Waals surface area contributed by atoms with Gasteiger partial charge < -0.3 is 0 Å². The summed E-state index contributed by atoms with van der Waals surface area (Å²) in [6, 6.07) is 24.7. The number of hydrogen-bond donors (Lipinski definition) is 0. The molecule has 5 unspecified atom stereocenters. The van der Waals surface area contributed by atoms with Gasteiger partial charge in [-0.15, -0.1) is 0 Å². The molecule has 1 heterocycles. The molecule has 2 aromatic carbocycles. The maximum Gasteiger partial charge on any atom is 0.0346 e. The van der Waals surface area contributed by atoms with Crippen LogP contribution in [0.5, 0.6) is 0 Å². The summed E-state index contributed by atoms with van der Waals surface area (Å²) in [5.74, 6) is 2.87. The standard InChI is InChI=1S/C44H53N/c1-6-9-18-34(8-3)44(37-19-11-10-12-20-37)43-23-14-13-22-42(43)33(5)40(17-7-2)41-25-15-24-39(32(41)4)36-28-26-35(27-29-36)38-21-16-30-45-31-38/h7,9-12,14,16-21,23,26-33,39-41H,6,8,13,15,22,24-25H2,1-5H3/b17-7-,18-9-,44-34+. The molecule has 1 aromatic heterocycles. The van der Waals surface area contributed by atoms with Crippen molar-refractivity contribution in [1.29, 1.82) is 0 Å². The minimum Gasteiger partial charge on any atom is -0.264 e. The van der Waals surface area contributed by atoms with Crippen molar-refractivity contribution in [2.24, 2.45) is 23.7 Å². The second kappa shape index (κ2) is 16.0. The Balaban J connectivity index is 1.50. The molecule has 1 saturated carbocycles. The molecule has 234 valence electrons. The van der Waals surface area contributed by atoms with E-state index in [1.807, 2.05) is 18.5 Å². The van der Waals surface area contributed by atoms with Crippen LogP contribution in [0.3, 0.4) is 0 Å². The van der Waals surface area contributed by atoms with E-state index in [-0.39, 0.29) is 0 Å². The molecule has 5 atom stereocenters. The van der Waals surface area contributed by atoms with E-state index in [1.54, 1.807) is 5.57 Å². The zero-order valence-corrected chi connectivity index (χ0v) is 28.3. The van der Waals surface area contributed by atoms with Gasteiger partial charge in [0.1, 0.15) is 0 Å². The molecular formula is C44H53N. The monoisotopic (exact) mass is 595 g/mol. The van der Waals surface area contributed by atoms with E-state index >= 15 is 0 Å². The number of aromatic nitrogens is 1. The molecule has 1 fully saturated rings. The first-order valence-electron chi connectivity index (χ1n) is 17.6. The summed E-state index contributed by atoms with van der Waals surface area (Å²) in [7, 11) is 0. The molecule has 1 heteroatoms. The number of pyridine rings is 1. The van der Waals surface area contributed by atoms with Crippen LogP contribution in [0.2, 0.25) is 0 Å². The van der Waals surface area contributed by atoms with Crippen LogP contribution in [-0.2, 0) is 0 Å². The van der Waals surface area contributed by atoms with E-state index in [9.17, 15) is 0 Å². The fourth-order valence-electron chi connectivity index (χ4n) is 8.16. The van der Waals surface area contributed by atoms with E-state index < -0.39 is 0 Å². The van der Waals surface area contributed by atoms with Gasteiger partial charge in [0.15, 0.2) is 0 Å². The van der Waals surface area contributed by atoms with Crippen LogP contribution in [0.25, 0.3) is 16.7 Å². The third-order valence-corrected chi connectivity index (χ3v) is 10.5. The van der Waals surface area contributed by atoms with Crippen LogP contribution >= 0.6 is 0 Å². The molecule has 0 aliphatic heterocycles. The van der Waals surface area contributed by atoms with Crippen LogP contribution in [0.1, 0.15) is 96.6 Å². The Labute approximate surface area is 273 Å². The predicted molar refractivity (Wildman–Crippen MR) is 195 cm³/mol. The highest BCUT2D eigenvalue weighted by Gasteiger charge is 2.38. The van der Waals surface area contributed by atoms with Crippen molar-refractivity contribution in [1.82, 2.24) is 4.98 Å². The fraction of sp³-hybridized carbons (Fsp3) is 0.386. The molecule has 0 radical (unpaired) electrons. The second-order valence-corrected chi connectivity index (χ2v) is 13.1. The van der Waals surface area contributed by atoms with Crippen molar-refractivity contribution in [3.8, 4) is 11.1 Å². The number of benzene rings is 2. The first-order chi connectivity index (χ1) is 22.1. The topological polar surface area (TPSA) is 12.9 Å². The molecule has 3 aromatic rings. The average Bonchev–Trinajstić information content (AvgIpc) is 3.10. The van der Waals surface area contributed by atoms with E-state index in [4.69, 9.17) is 0 Å². The lowest BCUT2D eigenvalue weighted by atomic mass is 9.62. The van der Waals surface area contributed by atoms with Gasteiger partial charge >= 0.3 is 0 Å². The average molecular weight is 596 g/mol. The summed E-state index contributed by atoms with van der Waals surface area (Å²) < 4.78 is 0. The zero-order valence-electron chi connectivity index (χ0n) is 28.3. The quantitative estimate of drug-likeness (QED) is 0.159. The molecule has 0 spiro atoms. The highest BCUT2D eigenvalue weighted by molar-refractivity contribution is 5.86. The van der Waals surface area contributed by atoms with Crippen LogP contribution < -0.4 is 0 Å². The Hall–Kier alpha value is -3.71. The zero-order chi connectivity index (χ0) is 31.6. The summed E-state index contributed by atoms with van der Waals surface area (Å²) >= 11 is 0. The fourth-order valence-corrected chi connectivity index (χ4v) is 8.16. The van der Waals surface area contributed by atoms with Gasteiger partial charge in [-0.25, -0.2) is 0 Å². The highest BCUT2D eigenvalue weighted by Crippen LogP contribution is 2.49. The number of rotatable bonds is 11. The maximum absolute atomic E-state index is 4.33. The van der Waals surface area contributed by atoms with Crippen LogP contribution in [-0.4, -0.2) is 4.98 Å². The van der Waals surface area contributed by atoms with Gasteiger partial charge in [-0.1, -0.05) is 137 Å². The number of nitrogens with zero attached hydrogens (tertiary/aromatic N) is 1. The molecule has 1 nitrogen and oxygen atoms in total. The molecule has 0 bridgehead atoms. The van der Waals surface area contributed by atoms with E-state index in [2.05, 4.69) is 137 Å². The maximum atomic E-state index is 4.33. The van der Waals surface area contributed by atoms with Crippen LogP contribution in [0.15, 0.2) is 132 Å². The largest absolute Gasteiger partial charge is 0.264 e. The number of allylic oxidation sites excluding steroid dienone is 10. The molecule has 2 aliphatic carbocycles. The van der Waals surface area contributed by atoms with Crippen molar-refractivity contribution in [3.63, 3.8) is 0 Å². The minimum atomic E-state index is 0.479. The smallest absolute Gasteiger partial charge is 0.0346 e. The lowest BCUT2D eigenvalue weighted by Gasteiger charge is -2.43. The van der Waals surface area contributed by atoms with Gasteiger partial charge in [0.25, 0.3) is 0 Å². The Bertz CT molecular complexity index is 1520. The van der Waals surface area contributed by atoms with E-state index in [1.165, 1.54) is 58.2 Å². The van der Waals surface area contributed by atoms with Crippen molar-refractivity contribution in [3.05, 3.63) is 143 Å². The van der Waals surface area contributed by atoms with Crippen molar-refractivity contribution in [2.45, 2.75) is 85.5 Å². The van der Waals surface area contributed by atoms with E-state index in [0.29, 0.717) is 29.6 Å².